The second kappa shape index (κ2) is 6.77. The first-order chi connectivity index (χ1) is 14.2. The standard InChI is InChI=1S/C22H16N2O6/c1-13-3-7-15(8-4-13)22(16-9-5-14(2)6-10-16)18-12-20(24(28)29)19(23(26)27)11-17(18)21(25)30-22/h3-12H,1-2H3. The average Bonchev–Trinajstić information content (AvgIpc) is 3.01. The van der Waals surface area contributed by atoms with Crippen molar-refractivity contribution >= 4 is 17.3 Å². The zero-order valence-corrected chi connectivity index (χ0v) is 16.1. The predicted octanol–water partition coefficient (Wildman–Crippen LogP) is 4.58. The number of esters is 1. The van der Waals surface area contributed by atoms with Crippen LogP contribution in [0.2, 0.25) is 0 Å². The first-order valence-corrected chi connectivity index (χ1v) is 9.09. The van der Waals surface area contributed by atoms with Crippen molar-refractivity contribution in [3.05, 3.63) is 114 Å². The summed E-state index contributed by atoms with van der Waals surface area (Å²) < 4.78 is 5.86. The van der Waals surface area contributed by atoms with Crippen LogP contribution in [0.25, 0.3) is 0 Å². The minimum absolute atomic E-state index is 0.0616. The number of carbonyl (C=O) groups is 1. The maximum absolute atomic E-state index is 12.8. The SMILES string of the molecule is Cc1ccc(C2(c3ccc(C)cc3)OC(=O)c3cc([N+](=O)[O-])c([N+](=O)[O-])cc32)cc1. The van der Waals surface area contributed by atoms with Crippen LogP contribution >= 0.6 is 0 Å². The molecule has 0 saturated heterocycles. The molecule has 0 saturated carbocycles. The van der Waals surface area contributed by atoms with Gasteiger partial charge in [0, 0.05) is 28.8 Å². The third-order valence-electron chi connectivity index (χ3n) is 5.27. The molecule has 0 spiro atoms. The number of cyclic esters (lactones) is 1. The van der Waals surface area contributed by atoms with Gasteiger partial charge in [-0.25, -0.2) is 4.79 Å². The maximum Gasteiger partial charge on any atom is 0.346 e. The van der Waals surface area contributed by atoms with Crippen LogP contribution in [0.4, 0.5) is 11.4 Å². The lowest BCUT2D eigenvalue weighted by Crippen LogP contribution is -2.29. The largest absolute Gasteiger partial charge is 0.441 e. The highest BCUT2D eigenvalue weighted by molar-refractivity contribution is 5.98. The van der Waals surface area contributed by atoms with Crippen LogP contribution in [0.5, 0.6) is 0 Å². The van der Waals surface area contributed by atoms with E-state index in [1.54, 1.807) is 24.3 Å². The lowest BCUT2D eigenvalue weighted by Gasteiger charge is -2.30. The van der Waals surface area contributed by atoms with E-state index in [4.69, 9.17) is 4.74 Å². The van der Waals surface area contributed by atoms with Gasteiger partial charge in [0.2, 0.25) is 0 Å². The highest BCUT2D eigenvalue weighted by Gasteiger charge is 2.51. The van der Waals surface area contributed by atoms with Crippen molar-refractivity contribution in [1.29, 1.82) is 0 Å². The molecule has 1 heterocycles. The fourth-order valence-corrected chi connectivity index (χ4v) is 3.75. The second-order valence-corrected chi connectivity index (χ2v) is 7.20. The Morgan fingerprint density at radius 1 is 0.767 bits per heavy atom. The van der Waals surface area contributed by atoms with Crippen LogP contribution in [0, 0.1) is 34.1 Å². The summed E-state index contributed by atoms with van der Waals surface area (Å²) >= 11 is 0. The molecule has 0 aliphatic carbocycles. The smallest absolute Gasteiger partial charge is 0.346 e. The number of ether oxygens (including phenoxy) is 1. The average molecular weight is 404 g/mol. The third kappa shape index (κ3) is 2.81. The van der Waals surface area contributed by atoms with Crippen molar-refractivity contribution in [3.63, 3.8) is 0 Å². The maximum atomic E-state index is 12.8. The van der Waals surface area contributed by atoms with Crippen LogP contribution < -0.4 is 0 Å². The molecule has 0 fully saturated rings. The van der Waals surface area contributed by atoms with Crippen LogP contribution in [-0.2, 0) is 10.3 Å². The second-order valence-electron chi connectivity index (χ2n) is 7.20. The van der Waals surface area contributed by atoms with Crippen molar-refractivity contribution in [2.45, 2.75) is 19.4 Å². The number of carbonyl (C=O) groups excluding carboxylic acids is 1. The van der Waals surface area contributed by atoms with Gasteiger partial charge in [0.15, 0.2) is 5.60 Å². The Balaban J connectivity index is 2.09. The van der Waals surface area contributed by atoms with E-state index in [0.717, 1.165) is 23.3 Å². The highest BCUT2D eigenvalue weighted by Crippen LogP contribution is 2.49. The van der Waals surface area contributed by atoms with Crippen molar-refractivity contribution in [2.75, 3.05) is 0 Å². The summed E-state index contributed by atoms with van der Waals surface area (Å²) in [5.74, 6) is -0.774. The Labute approximate surface area is 171 Å². The molecule has 150 valence electrons. The molecule has 0 unspecified atom stereocenters. The summed E-state index contributed by atoms with van der Waals surface area (Å²) in [6.07, 6.45) is 0. The van der Waals surface area contributed by atoms with E-state index in [1.165, 1.54) is 0 Å². The van der Waals surface area contributed by atoms with E-state index in [-0.39, 0.29) is 11.1 Å². The Morgan fingerprint density at radius 3 is 1.63 bits per heavy atom. The van der Waals surface area contributed by atoms with E-state index in [2.05, 4.69) is 0 Å². The number of fused-ring (bicyclic) bond motifs is 1. The van der Waals surface area contributed by atoms with Gasteiger partial charge >= 0.3 is 17.3 Å². The molecule has 3 aromatic carbocycles. The number of hydrogen-bond acceptors (Lipinski definition) is 6. The molecule has 1 aliphatic heterocycles. The van der Waals surface area contributed by atoms with Crippen LogP contribution in [0.1, 0.15) is 38.2 Å². The summed E-state index contributed by atoms with van der Waals surface area (Å²) in [5, 5.41) is 22.9. The quantitative estimate of drug-likeness (QED) is 0.357. The lowest BCUT2D eigenvalue weighted by atomic mass is 9.79. The molecule has 30 heavy (non-hydrogen) atoms. The summed E-state index contributed by atoms with van der Waals surface area (Å²) in [4.78, 5) is 34.0. The number of hydrogen-bond donors (Lipinski definition) is 0. The molecule has 0 N–H and O–H groups in total. The molecule has 8 heteroatoms. The lowest BCUT2D eigenvalue weighted by molar-refractivity contribution is -0.422. The molecule has 0 atom stereocenters. The zero-order valence-electron chi connectivity index (χ0n) is 16.1. The highest BCUT2D eigenvalue weighted by atomic mass is 16.6. The molecule has 1 aliphatic rings. The minimum Gasteiger partial charge on any atom is -0.441 e. The van der Waals surface area contributed by atoms with E-state index in [1.807, 2.05) is 38.1 Å². The van der Waals surface area contributed by atoms with Crippen LogP contribution in [-0.4, -0.2) is 15.8 Å². The molecule has 8 nitrogen and oxygen atoms in total. The fraction of sp³-hybridized carbons (Fsp3) is 0.136. The summed E-state index contributed by atoms with van der Waals surface area (Å²) in [7, 11) is 0. The van der Waals surface area contributed by atoms with E-state index in [0.29, 0.717) is 11.1 Å². The first kappa shape index (κ1) is 19.3. The number of nitro benzene ring substituents is 2. The third-order valence-corrected chi connectivity index (χ3v) is 5.27. The minimum atomic E-state index is -1.45. The van der Waals surface area contributed by atoms with Gasteiger partial charge in [-0.05, 0) is 13.8 Å². The molecule has 3 aromatic rings. The summed E-state index contributed by atoms with van der Waals surface area (Å²) in [6, 6.07) is 16.5. The Hall–Kier alpha value is -4.07. The number of nitrogens with zero attached hydrogens (tertiary/aromatic N) is 2. The van der Waals surface area contributed by atoms with Gasteiger partial charge in [0.25, 0.3) is 0 Å². The predicted molar refractivity (Wildman–Crippen MR) is 107 cm³/mol. The van der Waals surface area contributed by atoms with Crippen molar-refractivity contribution < 1.29 is 19.4 Å². The van der Waals surface area contributed by atoms with Crippen LogP contribution in [0.15, 0.2) is 60.7 Å². The van der Waals surface area contributed by atoms with Crippen molar-refractivity contribution in [1.82, 2.24) is 0 Å². The van der Waals surface area contributed by atoms with Gasteiger partial charge in [-0.3, -0.25) is 20.2 Å². The van der Waals surface area contributed by atoms with Gasteiger partial charge in [-0.1, -0.05) is 59.7 Å². The summed E-state index contributed by atoms with van der Waals surface area (Å²) in [6.45, 7) is 3.82. The molecule has 0 amide bonds. The molecular formula is C22H16N2O6. The van der Waals surface area contributed by atoms with Gasteiger partial charge in [0.1, 0.15) is 0 Å². The summed E-state index contributed by atoms with van der Waals surface area (Å²) in [5.41, 5.74) is 0.396. The molecule has 0 bridgehead atoms. The monoisotopic (exact) mass is 404 g/mol. The van der Waals surface area contributed by atoms with Gasteiger partial charge < -0.3 is 4.74 Å². The number of benzene rings is 3. The van der Waals surface area contributed by atoms with E-state index < -0.39 is 32.8 Å². The van der Waals surface area contributed by atoms with Crippen molar-refractivity contribution in [2.24, 2.45) is 0 Å². The van der Waals surface area contributed by atoms with Gasteiger partial charge in [0.05, 0.1) is 15.4 Å². The van der Waals surface area contributed by atoms with E-state index in [9.17, 15) is 25.0 Å². The number of nitro groups is 2. The van der Waals surface area contributed by atoms with Crippen LogP contribution in [0.3, 0.4) is 0 Å². The number of aryl methyl sites for hydroxylation is 2. The Morgan fingerprint density at radius 2 is 1.20 bits per heavy atom. The van der Waals surface area contributed by atoms with Gasteiger partial charge in [-0.15, -0.1) is 0 Å². The first-order valence-electron chi connectivity index (χ1n) is 9.09. The topological polar surface area (TPSA) is 113 Å². The molecule has 0 aromatic heterocycles. The van der Waals surface area contributed by atoms with E-state index >= 15 is 0 Å². The van der Waals surface area contributed by atoms with Crippen molar-refractivity contribution in [3.8, 4) is 0 Å². The molecular weight excluding hydrogens is 388 g/mol. The normalized spacial score (nSPS) is 14.1. The Kier molecular flexibility index (Phi) is 4.34. The zero-order chi connectivity index (χ0) is 21.6. The molecule has 4 rings (SSSR count). The number of rotatable bonds is 4. The fourth-order valence-electron chi connectivity index (χ4n) is 3.75. The van der Waals surface area contributed by atoms with Gasteiger partial charge in [-0.2, -0.15) is 0 Å². The molecule has 0 radical (unpaired) electrons. The Bertz CT molecular complexity index is 1150.